The predicted octanol–water partition coefficient (Wildman–Crippen LogP) is 4.37. The quantitative estimate of drug-likeness (QED) is 0.483. The van der Waals surface area contributed by atoms with Crippen LogP contribution >= 0.6 is 0 Å². The Bertz CT molecular complexity index is 982. The van der Waals surface area contributed by atoms with Crippen LogP contribution in [-0.4, -0.2) is 15.0 Å². The summed E-state index contributed by atoms with van der Waals surface area (Å²) in [6, 6.07) is 25.7. The molecule has 118 valence electrons. The summed E-state index contributed by atoms with van der Waals surface area (Å²) in [6.07, 6.45) is 0. The number of hydrogen-bond donors (Lipinski definition) is 0. The third-order valence-corrected chi connectivity index (χ3v) is 6.42. The summed E-state index contributed by atoms with van der Waals surface area (Å²) in [5.41, 5.74) is 4.69. The molecule has 24 heavy (non-hydrogen) atoms. The van der Waals surface area contributed by atoms with Crippen LogP contribution < -0.4 is 8.92 Å². The second kappa shape index (κ2) is 6.31. The van der Waals surface area contributed by atoms with Gasteiger partial charge in [-0.2, -0.15) is 0 Å². The molecule has 0 saturated carbocycles. The van der Waals surface area contributed by atoms with Crippen molar-refractivity contribution in [2.45, 2.75) is 13.8 Å². The molecule has 0 spiro atoms. The zero-order chi connectivity index (χ0) is 16.5. The van der Waals surface area contributed by atoms with E-state index in [1.165, 1.54) is 25.4 Å². The summed E-state index contributed by atoms with van der Waals surface area (Å²) in [5.74, 6) is 1.01. The maximum absolute atomic E-state index is 6.25. The molecule has 0 atom stereocenters. The molecule has 4 rings (SSSR count). The van der Waals surface area contributed by atoms with Gasteiger partial charge < -0.3 is 0 Å². The molecule has 0 aliphatic carbocycles. The van der Waals surface area contributed by atoms with Crippen LogP contribution in [0.15, 0.2) is 77.2 Å². The van der Waals surface area contributed by atoms with E-state index in [1.807, 2.05) is 6.07 Å². The van der Waals surface area contributed by atoms with Gasteiger partial charge in [-0.25, -0.2) is 0 Å². The van der Waals surface area contributed by atoms with E-state index in [1.54, 1.807) is 0 Å². The summed E-state index contributed by atoms with van der Waals surface area (Å²) in [4.78, 5) is 0. The molecular formula is C22H18OSe. The van der Waals surface area contributed by atoms with Crippen molar-refractivity contribution in [2.24, 2.45) is 0 Å². The first-order chi connectivity index (χ1) is 11.7. The van der Waals surface area contributed by atoms with E-state index in [-0.39, 0.29) is 15.0 Å². The normalized spacial score (nSPS) is 11.1. The van der Waals surface area contributed by atoms with Crippen LogP contribution in [0.2, 0.25) is 0 Å². The molecule has 0 N–H and O–H groups in total. The minimum atomic E-state index is 0.206. The van der Waals surface area contributed by atoms with Crippen molar-refractivity contribution in [3.8, 4) is 11.3 Å². The molecule has 0 bridgehead atoms. The van der Waals surface area contributed by atoms with Gasteiger partial charge in [0.1, 0.15) is 0 Å². The zero-order valence-electron chi connectivity index (χ0n) is 13.7. The Hall–Kier alpha value is -2.28. The topological polar surface area (TPSA) is 13.1 Å². The summed E-state index contributed by atoms with van der Waals surface area (Å²) in [6.45, 7) is 4.26. The van der Waals surface area contributed by atoms with E-state index in [2.05, 4.69) is 80.6 Å². The number of benzene rings is 3. The van der Waals surface area contributed by atoms with E-state index in [0.29, 0.717) is 0 Å². The van der Waals surface area contributed by atoms with Crippen LogP contribution in [0.25, 0.3) is 22.3 Å². The average molecular weight is 377 g/mol. The van der Waals surface area contributed by atoms with Crippen molar-refractivity contribution in [2.75, 3.05) is 0 Å². The Morgan fingerprint density at radius 3 is 2.21 bits per heavy atom. The van der Waals surface area contributed by atoms with Crippen molar-refractivity contribution >= 4 is 34.8 Å². The van der Waals surface area contributed by atoms with Gasteiger partial charge in [0.2, 0.25) is 0 Å². The second-order valence-electron chi connectivity index (χ2n) is 6.04. The van der Waals surface area contributed by atoms with Gasteiger partial charge in [-0.15, -0.1) is 0 Å². The van der Waals surface area contributed by atoms with Crippen LogP contribution in [0.4, 0.5) is 0 Å². The SMILES string of the molecule is Cc1ccc([Se]c2c(-c3ccccc3)oc3ccc(C)cc23)cc1. The van der Waals surface area contributed by atoms with Crippen molar-refractivity contribution in [3.05, 3.63) is 83.9 Å². The number of fused-ring (bicyclic) bond motifs is 1. The van der Waals surface area contributed by atoms with E-state index < -0.39 is 0 Å². The first kappa shape index (κ1) is 15.3. The van der Waals surface area contributed by atoms with E-state index in [0.717, 1.165) is 16.9 Å². The Morgan fingerprint density at radius 1 is 0.750 bits per heavy atom. The molecule has 0 amide bonds. The van der Waals surface area contributed by atoms with Crippen molar-refractivity contribution in [3.63, 3.8) is 0 Å². The van der Waals surface area contributed by atoms with E-state index >= 15 is 0 Å². The maximum atomic E-state index is 6.25. The molecule has 0 fully saturated rings. The average Bonchev–Trinajstić information content (AvgIpc) is 2.95. The second-order valence-corrected chi connectivity index (χ2v) is 8.31. The summed E-state index contributed by atoms with van der Waals surface area (Å²) in [5, 5.41) is 1.24. The molecule has 0 radical (unpaired) electrons. The van der Waals surface area contributed by atoms with E-state index in [4.69, 9.17) is 4.42 Å². The minimum absolute atomic E-state index is 0.206. The molecule has 3 aromatic carbocycles. The number of hydrogen-bond acceptors (Lipinski definition) is 1. The molecule has 1 aromatic heterocycles. The van der Waals surface area contributed by atoms with Crippen LogP contribution in [0, 0.1) is 13.8 Å². The molecule has 0 saturated heterocycles. The Labute approximate surface area is 148 Å². The monoisotopic (exact) mass is 378 g/mol. The Balaban J connectivity index is 1.90. The number of aryl methyl sites for hydroxylation is 2. The van der Waals surface area contributed by atoms with Gasteiger partial charge in [0.05, 0.1) is 0 Å². The van der Waals surface area contributed by atoms with Gasteiger partial charge in [0.25, 0.3) is 0 Å². The summed E-state index contributed by atoms with van der Waals surface area (Å²) in [7, 11) is 0. The standard InChI is InChI=1S/C22H18OSe/c1-15-8-11-18(12-9-15)24-22-19-14-16(2)10-13-20(19)23-21(22)17-6-4-3-5-7-17/h3-14H,1-2H3. The summed E-state index contributed by atoms with van der Waals surface area (Å²) >= 11 is 0.206. The van der Waals surface area contributed by atoms with E-state index in [9.17, 15) is 0 Å². The third-order valence-electron chi connectivity index (χ3n) is 4.07. The molecule has 0 unspecified atom stereocenters. The molecule has 2 heteroatoms. The van der Waals surface area contributed by atoms with Crippen LogP contribution in [-0.2, 0) is 0 Å². The molecule has 4 aromatic rings. The Kier molecular flexibility index (Phi) is 4.01. The van der Waals surface area contributed by atoms with Crippen LogP contribution in [0.5, 0.6) is 0 Å². The zero-order valence-corrected chi connectivity index (χ0v) is 15.5. The van der Waals surface area contributed by atoms with Gasteiger partial charge in [-0.3, -0.25) is 0 Å². The third kappa shape index (κ3) is 2.91. The van der Waals surface area contributed by atoms with Gasteiger partial charge >= 0.3 is 148 Å². The summed E-state index contributed by atoms with van der Waals surface area (Å²) < 4.78 is 8.95. The molecule has 0 aliphatic heterocycles. The molecule has 1 nitrogen and oxygen atoms in total. The fraction of sp³-hybridized carbons (Fsp3) is 0.0909. The van der Waals surface area contributed by atoms with Crippen molar-refractivity contribution in [1.82, 2.24) is 0 Å². The predicted molar refractivity (Wildman–Crippen MR) is 103 cm³/mol. The van der Waals surface area contributed by atoms with Gasteiger partial charge in [-0.05, 0) is 0 Å². The fourth-order valence-electron chi connectivity index (χ4n) is 2.79. The van der Waals surface area contributed by atoms with Gasteiger partial charge in [0, 0.05) is 0 Å². The van der Waals surface area contributed by atoms with Gasteiger partial charge in [-0.1, -0.05) is 0 Å². The van der Waals surface area contributed by atoms with Crippen LogP contribution in [0.3, 0.4) is 0 Å². The number of rotatable bonds is 3. The molecule has 0 aliphatic rings. The fourth-order valence-corrected chi connectivity index (χ4v) is 4.95. The molecule has 1 heterocycles. The first-order valence-corrected chi connectivity index (χ1v) is 9.75. The number of furan rings is 1. The first-order valence-electron chi connectivity index (χ1n) is 8.04. The van der Waals surface area contributed by atoms with Gasteiger partial charge in [0.15, 0.2) is 0 Å². The van der Waals surface area contributed by atoms with Crippen LogP contribution in [0.1, 0.15) is 11.1 Å². The molecular weight excluding hydrogens is 359 g/mol. The van der Waals surface area contributed by atoms with Crippen molar-refractivity contribution in [1.29, 1.82) is 0 Å². The Morgan fingerprint density at radius 2 is 1.46 bits per heavy atom. The van der Waals surface area contributed by atoms with Crippen molar-refractivity contribution < 1.29 is 4.42 Å².